The third-order valence-electron chi connectivity index (χ3n) is 1.84. The lowest BCUT2D eigenvalue weighted by atomic mass is 10.4. The van der Waals surface area contributed by atoms with Gasteiger partial charge in [0.1, 0.15) is 17.5 Å². The van der Waals surface area contributed by atoms with E-state index in [1.807, 2.05) is 0 Å². The van der Waals surface area contributed by atoms with Gasteiger partial charge in [0.05, 0.1) is 6.42 Å². The van der Waals surface area contributed by atoms with Gasteiger partial charge in [-0.05, 0) is 6.92 Å². The Hall–Kier alpha value is -2.58. The lowest BCUT2D eigenvalue weighted by Crippen LogP contribution is -2.10. The fourth-order valence-electron chi connectivity index (χ4n) is 1.32. The first-order valence-electron chi connectivity index (χ1n) is 4.76. The summed E-state index contributed by atoms with van der Waals surface area (Å²) in [5.74, 6) is 1.66. The molecule has 0 saturated heterocycles. The minimum atomic E-state index is 0.0613. The predicted octanol–water partition coefficient (Wildman–Crippen LogP) is -1.30. The van der Waals surface area contributed by atoms with Gasteiger partial charge in [-0.25, -0.2) is 4.98 Å². The van der Waals surface area contributed by atoms with Gasteiger partial charge in [-0.2, -0.15) is 24.9 Å². The Labute approximate surface area is 96.6 Å². The van der Waals surface area contributed by atoms with Crippen molar-refractivity contribution in [1.29, 1.82) is 0 Å². The molecular formula is C8H11N9. The minimum absolute atomic E-state index is 0.0613. The van der Waals surface area contributed by atoms with Crippen LogP contribution >= 0.6 is 0 Å². The second-order valence-electron chi connectivity index (χ2n) is 3.30. The van der Waals surface area contributed by atoms with E-state index in [1.54, 1.807) is 6.92 Å². The van der Waals surface area contributed by atoms with Crippen molar-refractivity contribution in [3.8, 4) is 0 Å². The van der Waals surface area contributed by atoms with Crippen molar-refractivity contribution < 1.29 is 0 Å². The molecule has 9 heteroatoms. The van der Waals surface area contributed by atoms with E-state index in [9.17, 15) is 0 Å². The third-order valence-corrected chi connectivity index (χ3v) is 1.84. The Morgan fingerprint density at radius 2 is 1.18 bits per heavy atom. The lowest BCUT2D eigenvalue weighted by molar-refractivity contribution is 0.842. The van der Waals surface area contributed by atoms with Crippen LogP contribution in [0.4, 0.5) is 17.8 Å². The van der Waals surface area contributed by atoms with Crippen molar-refractivity contribution in [2.24, 2.45) is 0 Å². The Bertz CT molecular complexity index is 463. The summed E-state index contributed by atoms with van der Waals surface area (Å²) in [7, 11) is 0. The molecule has 0 aromatic carbocycles. The van der Waals surface area contributed by atoms with E-state index in [-0.39, 0.29) is 24.3 Å². The van der Waals surface area contributed by atoms with Crippen LogP contribution in [0.5, 0.6) is 0 Å². The highest BCUT2D eigenvalue weighted by atomic mass is 15.1. The van der Waals surface area contributed by atoms with Crippen molar-refractivity contribution in [3.05, 3.63) is 17.5 Å². The number of nitrogens with two attached hydrogens (primary N) is 3. The number of hydrogen-bond donors (Lipinski definition) is 3. The van der Waals surface area contributed by atoms with Crippen LogP contribution in [0.25, 0.3) is 0 Å². The molecule has 0 aliphatic carbocycles. The Balaban J connectivity index is 2.31. The second kappa shape index (κ2) is 4.12. The zero-order valence-corrected chi connectivity index (χ0v) is 9.12. The van der Waals surface area contributed by atoms with Gasteiger partial charge in [0.15, 0.2) is 0 Å². The molecule has 88 valence electrons. The van der Waals surface area contributed by atoms with E-state index < -0.39 is 0 Å². The summed E-state index contributed by atoms with van der Waals surface area (Å²) in [5, 5.41) is 0. The number of nitrogens with zero attached hydrogens (tertiary/aromatic N) is 6. The van der Waals surface area contributed by atoms with Crippen LogP contribution in [-0.2, 0) is 6.42 Å². The van der Waals surface area contributed by atoms with Crippen LogP contribution in [-0.4, -0.2) is 29.9 Å². The smallest absolute Gasteiger partial charge is 0.225 e. The molecule has 17 heavy (non-hydrogen) atoms. The maximum Gasteiger partial charge on any atom is 0.225 e. The van der Waals surface area contributed by atoms with Crippen LogP contribution in [0.2, 0.25) is 0 Å². The first-order valence-corrected chi connectivity index (χ1v) is 4.76. The summed E-state index contributed by atoms with van der Waals surface area (Å²) in [6, 6.07) is 0. The lowest BCUT2D eigenvalue weighted by Gasteiger charge is -2.02. The van der Waals surface area contributed by atoms with E-state index in [2.05, 4.69) is 29.9 Å². The highest BCUT2D eigenvalue weighted by molar-refractivity contribution is 5.27. The molecule has 9 nitrogen and oxygen atoms in total. The number of aryl methyl sites for hydroxylation is 1. The maximum atomic E-state index is 5.51. The number of nitrogen functional groups attached to an aromatic ring is 3. The summed E-state index contributed by atoms with van der Waals surface area (Å²) in [4.78, 5) is 23.4. The molecule has 0 saturated carbocycles. The predicted molar refractivity (Wildman–Crippen MR) is 60.4 cm³/mol. The van der Waals surface area contributed by atoms with E-state index in [0.717, 1.165) is 0 Å². The average molecular weight is 233 g/mol. The van der Waals surface area contributed by atoms with Crippen LogP contribution in [0.3, 0.4) is 0 Å². The quantitative estimate of drug-likeness (QED) is 0.573. The normalized spacial score (nSPS) is 10.4. The molecule has 0 atom stereocenters. The molecule has 2 rings (SSSR count). The number of anilines is 3. The summed E-state index contributed by atoms with van der Waals surface area (Å²) in [5.41, 5.74) is 16.4. The minimum Gasteiger partial charge on any atom is -0.368 e. The molecule has 2 heterocycles. The van der Waals surface area contributed by atoms with Crippen LogP contribution in [0.15, 0.2) is 0 Å². The molecule has 0 radical (unpaired) electrons. The van der Waals surface area contributed by atoms with Gasteiger partial charge in [-0.1, -0.05) is 0 Å². The Morgan fingerprint density at radius 3 is 1.71 bits per heavy atom. The topological polar surface area (TPSA) is 155 Å². The molecule has 0 unspecified atom stereocenters. The van der Waals surface area contributed by atoms with Crippen LogP contribution < -0.4 is 17.2 Å². The highest BCUT2D eigenvalue weighted by Crippen LogP contribution is 2.05. The largest absolute Gasteiger partial charge is 0.368 e. The SMILES string of the molecule is Cc1nc(N)nc(Cc2nc(N)nc(N)n2)n1. The Kier molecular flexibility index (Phi) is 2.65. The highest BCUT2D eigenvalue weighted by Gasteiger charge is 2.07. The van der Waals surface area contributed by atoms with Gasteiger partial charge in [0.2, 0.25) is 17.8 Å². The van der Waals surface area contributed by atoms with Crippen molar-refractivity contribution in [2.75, 3.05) is 17.2 Å². The molecule has 0 spiro atoms. The van der Waals surface area contributed by atoms with Gasteiger partial charge < -0.3 is 17.2 Å². The summed E-state index contributed by atoms with van der Waals surface area (Å²) < 4.78 is 0. The van der Waals surface area contributed by atoms with Crippen molar-refractivity contribution in [1.82, 2.24) is 29.9 Å². The first-order chi connectivity index (χ1) is 8.02. The van der Waals surface area contributed by atoms with E-state index in [1.165, 1.54) is 0 Å². The van der Waals surface area contributed by atoms with Crippen molar-refractivity contribution >= 4 is 17.8 Å². The molecule has 0 aliphatic heterocycles. The molecule has 2 aromatic rings. The summed E-state index contributed by atoms with van der Waals surface area (Å²) in [6.07, 6.45) is 0.268. The number of rotatable bonds is 2. The van der Waals surface area contributed by atoms with Gasteiger partial charge in [0.25, 0.3) is 0 Å². The monoisotopic (exact) mass is 233 g/mol. The van der Waals surface area contributed by atoms with Gasteiger partial charge in [-0.3, -0.25) is 0 Å². The first kappa shape index (κ1) is 10.9. The number of hydrogen-bond acceptors (Lipinski definition) is 9. The van der Waals surface area contributed by atoms with Crippen molar-refractivity contribution in [2.45, 2.75) is 13.3 Å². The Morgan fingerprint density at radius 1 is 0.706 bits per heavy atom. The van der Waals surface area contributed by atoms with E-state index >= 15 is 0 Å². The summed E-state index contributed by atoms with van der Waals surface area (Å²) in [6.45, 7) is 1.72. The zero-order valence-electron chi connectivity index (χ0n) is 9.12. The molecule has 0 fully saturated rings. The second-order valence-corrected chi connectivity index (χ2v) is 3.30. The standard InChI is InChI=1S/C8H11N9/c1-3-12-4(14-6(9)13-3)2-5-15-7(10)17-8(11)16-5/h2H2,1H3,(H2,9,12,13,14)(H4,10,11,15,16,17). The fourth-order valence-corrected chi connectivity index (χ4v) is 1.32. The number of aromatic nitrogens is 6. The average Bonchev–Trinajstić information content (AvgIpc) is 2.13. The molecular weight excluding hydrogens is 222 g/mol. The molecule has 2 aromatic heterocycles. The van der Waals surface area contributed by atoms with E-state index in [0.29, 0.717) is 17.5 Å². The van der Waals surface area contributed by atoms with Crippen molar-refractivity contribution in [3.63, 3.8) is 0 Å². The molecule has 0 bridgehead atoms. The van der Waals surface area contributed by atoms with Crippen LogP contribution in [0, 0.1) is 6.92 Å². The molecule has 0 amide bonds. The van der Waals surface area contributed by atoms with Gasteiger partial charge in [-0.15, -0.1) is 0 Å². The molecule has 6 N–H and O–H groups in total. The zero-order chi connectivity index (χ0) is 12.4. The maximum absolute atomic E-state index is 5.51. The van der Waals surface area contributed by atoms with E-state index in [4.69, 9.17) is 17.2 Å². The fraction of sp³-hybridized carbons (Fsp3) is 0.250. The third kappa shape index (κ3) is 2.71. The molecule has 0 aliphatic rings. The van der Waals surface area contributed by atoms with Gasteiger partial charge >= 0.3 is 0 Å². The van der Waals surface area contributed by atoms with Crippen LogP contribution in [0.1, 0.15) is 17.5 Å². The summed E-state index contributed by atoms with van der Waals surface area (Å²) >= 11 is 0. The van der Waals surface area contributed by atoms with Gasteiger partial charge in [0, 0.05) is 0 Å².